The van der Waals surface area contributed by atoms with E-state index in [1.54, 1.807) is 0 Å². The minimum atomic E-state index is -0.169. The first-order valence-electron chi connectivity index (χ1n) is 7.23. The standard InChI is InChI=1S/C14H26N2O/c1-2-10-4-3-5-11(8-10)12-6-7-16-13(9-12)14(15)17/h10-13,16H,2-9H2,1H3,(H2,15,17). The molecule has 0 spiro atoms. The number of nitrogens with one attached hydrogen (secondary N) is 1. The summed E-state index contributed by atoms with van der Waals surface area (Å²) in [4.78, 5) is 11.3. The van der Waals surface area contributed by atoms with Crippen LogP contribution in [0.25, 0.3) is 0 Å². The topological polar surface area (TPSA) is 55.1 Å². The lowest BCUT2D eigenvalue weighted by atomic mass is 9.70. The van der Waals surface area contributed by atoms with Crippen LogP contribution in [0, 0.1) is 17.8 Å². The Balaban J connectivity index is 1.90. The molecule has 4 unspecified atom stereocenters. The van der Waals surface area contributed by atoms with Crippen molar-refractivity contribution in [2.75, 3.05) is 6.54 Å². The summed E-state index contributed by atoms with van der Waals surface area (Å²) in [5, 5.41) is 3.24. The number of hydrogen-bond donors (Lipinski definition) is 2. The second-order valence-corrected chi connectivity index (χ2v) is 5.89. The molecule has 3 N–H and O–H groups in total. The van der Waals surface area contributed by atoms with Crippen LogP contribution < -0.4 is 11.1 Å². The van der Waals surface area contributed by atoms with Crippen molar-refractivity contribution in [3.05, 3.63) is 0 Å². The van der Waals surface area contributed by atoms with Gasteiger partial charge in [-0.2, -0.15) is 0 Å². The molecule has 2 aliphatic rings. The highest BCUT2D eigenvalue weighted by Crippen LogP contribution is 2.39. The second kappa shape index (κ2) is 5.85. The van der Waals surface area contributed by atoms with E-state index in [0.717, 1.165) is 30.7 Å². The van der Waals surface area contributed by atoms with E-state index in [1.807, 2.05) is 0 Å². The van der Waals surface area contributed by atoms with Crippen LogP contribution >= 0.6 is 0 Å². The summed E-state index contributed by atoms with van der Waals surface area (Å²) in [6.07, 6.45) is 9.06. The Hall–Kier alpha value is -0.570. The van der Waals surface area contributed by atoms with Crippen molar-refractivity contribution >= 4 is 5.91 Å². The first-order valence-corrected chi connectivity index (χ1v) is 7.23. The molecular formula is C14H26N2O. The Morgan fingerprint density at radius 2 is 2.00 bits per heavy atom. The van der Waals surface area contributed by atoms with Gasteiger partial charge in [-0.3, -0.25) is 4.79 Å². The number of rotatable bonds is 3. The zero-order chi connectivity index (χ0) is 12.3. The summed E-state index contributed by atoms with van der Waals surface area (Å²) in [5.41, 5.74) is 5.41. The maximum absolute atomic E-state index is 11.3. The minimum absolute atomic E-state index is 0.0734. The zero-order valence-electron chi connectivity index (χ0n) is 11.0. The van der Waals surface area contributed by atoms with Crippen LogP contribution in [0.4, 0.5) is 0 Å². The number of hydrogen-bond acceptors (Lipinski definition) is 2. The highest BCUT2D eigenvalue weighted by atomic mass is 16.1. The molecule has 4 atom stereocenters. The number of amides is 1. The average molecular weight is 238 g/mol. The molecule has 98 valence electrons. The van der Waals surface area contributed by atoms with E-state index in [9.17, 15) is 4.79 Å². The van der Waals surface area contributed by atoms with E-state index < -0.39 is 0 Å². The molecule has 0 aromatic carbocycles. The fourth-order valence-electron chi connectivity index (χ4n) is 3.72. The molecule has 1 saturated heterocycles. The summed E-state index contributed by atoms with van der Waals surface area (Å²) in [5.74, 6) is 2.33. The van der Waals surface area contributed by atoms with E-state index >= 15 is 0 Å². The van der Waals surface area contributed by atoms with Crippen molar-refractivity contribution in [1.82, 2.24) is 5.32 Å². The largest absolute Gasteiger partial charge is 0.368 e. The monoisotopic (exact) mass is 238 g/mol. The molecule has 1 heterocycles. The summed E-state index contributed by atoms with van der Waals surface area (Å²) < 4.78 is 0. The zero-order valence-corrected chi connectivity index (χ0v) is 11.0. The van der Waals surface area contributed by atoms with Crippen molar-refractivity contribution in [1.29, 1.82) is 0 Å². The van der Waals surface area contributed by atoms with Crippen molar-refractivity contribution in [3.8, 4) is 0 Å². The fraction of sp³-hybridized carbons (Fsp3) is 0.929. The molecular weight excluding hydrogens is 212 g/mol. The van der Waals surface area contributed by atoms with Gasteiger partial charge in [0.1, 0.15) is 0 Å². The lowest BCUT2D eigenvalue weighted by Gasteiger charge is -2.38. The molecule has 1 aliphatic carbocycles. The molecule has 3 heteroatoms. The molecule has 2 rings (SSSR count). The van der Waals surface area contributed by atoms with E-state index in [0.29, 0.717) is 0 Å². The summed E-state index contributed by atoms with van der Waals surface area (Å²) in [7, 11) is 0. The average Bonchev–Trinajstić information content (AvgIpc) is 2.39. The third-order valence-electron chi connectivity index (χ3n) is 4.86. The second-order valence-electron chi connectivity index (χ2n) is 5.89. The Labute approximate surface area is 105 Å². The number of primary amides is 1. The van der Waals surface area contributed by atoms with Gasteiger partial charge in [0.15, 0.2) is 0 Å². The molecule has 0 bridgehead atoms. The third-order valence-corrected chi connectivity index (χ3v) is 4.86. The lowest BCUT2D eigenvalue weighted by Crippen LogP contribution is -2.48. The van der Waals surface area contributed by atoms with Gasteiger partial charge in [0.05, 0.1) is 6.04 Å². The predicted molar refractivity (Wildman–Crippen MR) is 69.4 cm³/mol. The van der Waals surface area contributed by atoms with Gasteiger partial charge in [-0.15, -0.1) is 0 Å². The molecule has 17 heavy (non-hydrogen) atoms. The maximum atomic E-state index is 11.3. The SMILES string of the molecule is CCC1CCCC(C2CCNC(C(N)=O)C2)C1. The Morgan fingerprint density at radius 3 is 2.71 bits per heavy atom. The van der Waals surface area contributed by atoms with Gasteiger partial charge in [0.25, 0.3) is 0 Å². The first-order chi connectivity index (χ1) is 8.20. The molecule has 3 nitrogen and oxygen atoms in total. The van der Waals surface area contributed by atoms with Crippen molar-refractivity contribution in [2.45, 2.75) is 57.9 Å². The molecule has 0 radical (unpaired) electrons. The number of carbonyl (C=O) groups excluding carboxylic acids is 1. The van der Waals surface area contributed by atoms with Crippen LogP contribution in [0.5, 0.6) is 0 Å². The van der Waals surface area contributed by atoms with Gasteiger partial charge < -0.3 is 11.1 Å². The highest BCUT2D eigenvalue weighted by Gasteiger charge is 2.33. The Kier molecular flexibility index (Phi) is 4.43. The van der Waals surface area contributed by atoms with E-state index in [-0.39, 0.29) is 11.9 Å². The van der Waals surface area contributed by atoms with Crippen LogP contribution in [0.1, 0.15) is 51.9 Å². The third kappa shape index (κ3) is 3.21. The van der Waals surface area contributed by atoms with Crippen LogP contribution in [0.15, 0.2) is 0 Å². The van der Waals surface area contributed by atoms with Gasteiger partial charge in [-0.05, 0) is 43.6 Å². The number of nitrogens with two attached hydrogens (primary N) is 1. The van der Waals surface area contributed by atoms with Crippen LogP contribution in [-0.2, 0) is 4.79 Å². The minimum Gasteiger partial charge on any atom is -0.368 e. The molecule has 0 aromatic heterocycles. The van der Waals surface area contributed by atoms with E-state index in [4.69, 9.17) is 5.73 Å². The van der Waals surface area contributed by atoms with E-state index in [2.05, 4.69) is 12.2 Å². The van der Waals surface area contributed by atoms with Crippen LogP contribution in [0.2, 0.25) is 0 Å². The smallest absolute Gasteiger partial charge is 0.234 e. The number of carbonyl (C=O) groups is 1. The van der Waals surface area contributed by atoms with Crippen molar-refractivity contribution < 1.29 is 4.79 Å². The molecule has 1 saturated carbocycles. The van der Waals surface area contributed by atoms with Gasteiger partial charge in [0.2, 0.25) is 5.91 Å². The molecule has 1 amide bonds. The summed E-state index contributed by atoms with van der Waals surface area (Å²) in [6.45, 7) is 3.27. The van der Waals surface area contributed by atoms with Crippen molar-refractivity contribution in [2.24, 2.45) is 23.5 Å². The maximum Gasteiger partial charge on any atom is 0.234 e. The Bertz CT molecular complexity index is 267. The number of piperidine rings is 1. The van der Waals surface area contributed by atoms with E-state index in [1.165, 1.54) is 38.5 Å². The molecule has 1 aliphatic heterocycles. The van der Waals surface area contributed by atoms with Gasteiger partial charge in [-0.25, -0.2) is 0 Å². The fourth-order valence-corrected chi connectivity index (χ4v) is 3.72. The lowest BCUT2D eigenvalue weighted by molar-refractivity contribution is -0.121. The van der Waals surface area contributed by atoms with Gasteiger partial charge in [0, 0.05) is 0 Å². The summed E-state index contributed by atoms with van der Waals surface area (Å²) in [6, 6.07) is -0.0734. The van der Waals surface area contributed by atoms with Gasteiger partial charge >= 0.3 is 0 Å². The van der Waals surface area contributed by atoms with Crippen LogP contribution in [0.3, 0.4) is 0 Å². The Morgan fingerprint density at radius 1 is 1.24 bits per heavy atom. The summed E-state index contributed by atoms with van der Waals surface area (Å²) >= 11 is 0. The van der Waals surface area contributed by atoms with Crippen LogP contribution in [-0.4, -0.2) is 18.5 Å². The quantitative estimate of drug-likeness (QED) is 0.790. The predicted octanol–water partition coefficient (Wildman–Crippen LogP) is 2.06. The molecule has 2 fully saturated rings. The normalized spacial score (nSPS) is 38.9. The highest BCUT2D eigenvalue weighted by molar-refractivity contribution is 5.79. The molecule has 0 aromatic rings. The van der Waals surface area contributed by atoms with Gasteiger partial charge in [-0.1, -0.05) is 32.6 Å². The first kappa shape index (κ1) is 12.9. The van der Waals surface area contributed by atoms with Crippen molar-refractivity contribution in [3.63, 3.8) is 0 Å².